The van der Waals surface area contributed by atoms with Gasteiger partial charge in [0.05, 0.1) is 0 Å². The smallest absolute Gasteiger partial charge is 0.331 e. The van der Waals surface area contributed by atoms with E-state index in [-0.39, 0.29) is 0 Å². The van der Waals surface area contributed by atoms with E-state index in [1.165, 1.54) is 38.5 Å². The molecule has 0 bridgehead atoms. The van der Waals surface area contributed by atoms with Gasteiger partial charge in [0.2, 0.25) is 0 Å². The van der Waals surface area contributed by atoms with Crippen LogP contribution in [0.2, 0.25) is 0 Å². The Kier molecular flexibility index (Phi) is 16.1. The molecule has 43 heavy (non-hydrogen) atoms. The van der Waals surface area contributed by atoms with Gasteiger partial charge >= 0.3 is 48.1 Å². The van der Waals surface area contributed by atoms with E-state index in [4.69, 9.17) is 14.2 Å². The molecule has 0 aromatic rings. The summed E-state index contributed by atoms with van der Waals surface area (Å²) in [7, 11) is 4.95. The van der Waals surface area contributed by atoms with E-state index in [0.717, 1.165) is 12.8 Å². The van der Waals surface area contributed by atoms with Gasteiger partial charge in [-0.2, -0.15) is 65.9 Å². The number of rotatable bonds is 18. The molecule has 20 heteroatoms. The third-order valence-electron chi connectivity index (χ3n) is 6.38. The highest BCUT2D eigenvalue weighted by molar-refractivity contribution is 5.13. The summed E-state index contributed by atoms with van der Waals surface area (Å²) in [5.74, 6) is -49.8. The molecule has 0 N–H and O–H groups in total. The Morgan fingerprint density at radius 1 is 0.488 bits per heavy atom. The molecular formula is C23H33F17O3. The lowest BCUT2D eigenvalue weighted by Gasteiger charge is -2.41. The maximum atomic E-state index is 12.8. The molecule has 0 aliphatic heterocycles. The van der Waals surface area contributed by atoms with Gasteiger partial charge in [-0.15, -0.1) is 0 Å². The van der Waals surface area contributed by atoms with E-state index >= 15 is 0 Å². The van der Waals surface area contributed by atoms with Crippen molar-refractivity contribution in [2.45, 2.75) is 119 Å². The second-order valence-corrected chi connectivity index (χ2v) is 9.17. The van der Waals surface area contributed by atoms with Crippen LogP contribution in [0.1, 0.15) is 65.2 Å². The molecule has 0 aliphatic rings. The summed E-state index contributed by atoms with van der Waals surface area (Å²) < 4.78 is 225. The van der Waals surface area contributed by atoms with Gasteiger partial charge in [0.25, 0.3) is 5.97 Å². The summed E-state index contributed by atoms with van der Waals surface area (Å²) in [4.78, 5) is 0. The molecule has 0 rings (SSSR count). The van der Waals surface area contributed by atoms with E-state index in [2.05, 4.69) is 13.8 Å². The molecule has 0 aliphatic carbocycles. The lowest BCUT2D eigenvalue weighted by molar-refractivity contribution is -0.456. The fourth-order valence-electron chi connectivity index (χ4n) is 3.67. The Bertz CT molecular complexity index is 788. The lowest BCUT2D eigenvalue weighted by Crippen LogP contribution is -2.73. The van der Waals surface area contributed by atoms with Gasteiger partial charge < -0.3 is 14.2 Å². The molecular weight excluding hydrogens is 647 g/mol. The largest absolute Gasteiger partial charge is 0.460 e. The van der Waals surface area contributed by atoms with Crippen molar-refractivity contribution in [3.63, 3.8) is 0 Å². The predicted molar refractivity (Wildman–Crippen MR) is 117 cm³/mol. The van der Waals surface area contributed by atoms with E-state index in [1.54, 1.807) is 21.3 Å². The minimum Gasteiger partial charge on any atom is -0.331 e. The summed E-state index contributed by atoms with van der Waals surface area (Å²) >= 11 is 0. The number of hydrogen-bond acceptors (Lipinski definition) is 3. The van der Waals surface area contributed by atoms with E-state index in [1.807, 2.05) is 0 Å². The lowest BCUT2D eigenvalue weighted by atomic mass is 9.91. The Balaban J connectivity index is 0. The third-order valence-corrected chi connectivity index (χ3v) is 6.38. The standard InChI is InChI=1S/C15H32O3.C8HF17/c1-6-8-9-10-11-12-13-14(7-2)15(16-3,17-4)18-5;9-1(10)2(11,12)3(13,14)4(15,16)5(17,18)6(19,20)7(21,22)8(23,24)25/h14H,6-13H2,1-5H3;1H. The van der Waals surface area contributed by atoms with E-state index in [9.17, 15) is 74.6 Å². The average molecular weight is 680 g/mol. The van der Waals surface area contributed by atoms with Crippen LogP contribution in [-0.4, -0.2) is 75.4 Å². The van der Waals surface area contributed by atoms with Crippen LogP contribution in [0.15, 0.2) is 0 Å². The molecule has 262 valence electrons. The third kappa shape index (κ3) is 8.70. The summed E-state index contributed by atoms with van der Waals surface area (Å²) in [5.41, 5.74) is 0. The van der Waals surface area contributed by atoms with Crippen LogP contribution in [-0.2, 0) is 14.2 Å². The molecule has 0 amide bonds. The quantitative estimate of drug-likeness (QED) is 0.0820. The van der Waals surface area contributed by atoms with Crippen molar-refractivity contribution < 1.29 is 88.8 Å². The number of alkyl halides is 17. The fraction of sp³-hybridized carbons (Fsp3) is 1.00. The van der Waals surface area contributed by atoms with Crippen LogP contribution >= 0.6 is 0 Å². The fourth-order valence-corrected chi connectivity index (χ4v) is 3.67. The second kappa shape index (κ2) is 15.8. The van der Waals surface area contributed by atoms with Crippen molar-refractivity contribution in [1.29, 1.82) is 0 Å². The first-order valence-corrected chi connectivity index (χ1v) is 12.4. The topological polar surface area (TPSA) is 27.7 Å². The Morgan fingerprint density at radius 3 is 1.16 bits per heavy atom. The zero-order valence-electron chi connectivity index (χ0n) is 23.5. The second-order valence-electron chi connectivity index (χ2n) is 9.17. The van der Waals surface area contributed by atoms with Crippen LogP contribution in [0.5, 0.6) is 0 Å². The minimum absolute atomic E-state index is 0.295. The summed E-state index contributed by atoms with van der Waals surface area (Å²) in [6, 6.07) is 0. The molecule has 1 atom stereocenters. The van der Waals surface area contributed by atoms with Crippen LogP contribution in [0, 0.1) is 5.92 Å². The number of hydrogen-bond donors (Lipinski definition) is 0. The van der Waals surface area contributed by atoms with Crippen molar-refractivity contribution in [3.05, 3.63) is 0 Å². The average Bonchev–Trinajstić information content (AvgIpc) is 2.89. The number of methoxy groups -OCH3 is 3. The van der Waals surface area contributed by atoms with Crippen molar-refractivity contribution in [2.75, 3.05) is 21.3 Å². The minimum atomic E-state index is -8.54. The molecule has 0 aromatic heterocycles. The van der Waals surface area contributed by atoms with Gasteiger partial charge in [-0.3, -0.25) is 0 Å². The van der Waals surface area contributed by atoms with Gasteiger partial charge in [0.1, 0.15) is 0 Å². The first-order chi connectivity index (χ1) is 19.1. The highest BCUT2D eigenvalue weighted by atomic mass is 19.4. The van der Waals surface area contributed by atoms with Crippen LogP contribution < -0.4 is 0 Å². The van der Waals surface area contributed by atoms with Gasteiger partial charge in [0, 0.05) is 27.2 Å². The van der Waals surface area contributed by atoms with Crippen molar-refractivity contribution >= 4 is 0 Å². The van der Waals surface area contributed by atoms with Crippen LogP contribution in [0.4, 0.5) is 74.6 Å². The normalized spacial score (nSPS) is 15.4. The first-order valence-electron chi connectivity index (χ1n) is 12.4. The van der Waals surface area contributed by atoms with Gasteiger partial charge in [-0.1, -0.05) is 52.4 Å². The predicted octanol–water partition coefficient (Wildman–Crippen LogP) is 9.98. The van der Waals surface area contributed by atoms with Crippen LogP contribution in [0.3, 0.4) is 0 Å². The zero-order valence-corrected chi connectivity index (χ0v) is 23.5. The molecule has 1 unspecified atom stereocenters. The molecule has 0 spiro atoms. The van der Waals surface area contributed by atoms with Gasteiger partial charge in [-0.25, -0.2) is 8.78 Å². The molecule has 3 nitrogen and oxygen atoms in total. The van der Waals surface area contributed by atoms with Gasteiger partial charge in [-0.05, 0) is 12.8 Å². The Labute approximate surface area is 236 Å². The first kappa shape index (κ1) is 43.8. The Hall–Kier alpha value is -1.31. The summed E-state index contributed by atoms with van der Waals surface area (Å²) in [6.45, 7) is 4.41. The summed E-state index contributed by atoms with van der Waals surface area (Å²) in [6.07, 6.45) is -3.65. The number of ether oxygens (including phenoxy) is 3. The SMILES string of the molecule is CCCCCCCCC(CC)C(OC)(OC)OC.FC(F)C(F)(F)C(F)(F)C(F)(F)C(F)(F)C(F)(F)C(F)(F)C(F)(F)F. The molecule has 0 saturated heterocycles. The maximum absolute atomic E-state index is 12.8. The maximum Gasteiger partial charge on any atom is 0.460 e. The molecule has 0 heterocycles. The van der Waals surface area contributed by atoms with Gasteiger partial charge in [0.15, 0.2) is 0 Å². The van der Waals surface area contributed by atoms with Crippen molar-refractivity contribution in [1.82, 2.24) is 0 Å². The van der Waals surface area contributed by atoms with Crippen LogP contribution in [0.25, 0.3) is 0 Å². The number of halogens is 17. The highest BCUT2D eigenvalue weighted by Crippen LogP contribution is 2.62. The molecule has 0 radical (unpaired) electrons. The molecule has 0 saturated carbocycles. The summed E-state index contributed by atoms with van der Waals surface area (Å²) in [5, 5.41) is 0. The van der Waals surface area contributed by atoms with E-state index < -0.39 is 54.1 Å². The molecule has 0 aromatic carbocycles. The van der Waals surface area contributed by atoms with Crippen molar-refractivity contribution in [3.8, 4) is 0 Å². The molecule has 0 fully saturated rings. The van der Waals surface area contributed by atoms with Crippen molar-refractivity contribution in [2.24, 2.45) is 5.92 Å². The van der Waals surface area contributed by atoms with E-state index in [0.29, 0.717) is 5.92 Å². The Morgan fingerprint density at radius 2 is 0.837 bits per heavy atom. The highest BCUT2D eigenvalue weighted by Gasteiger charge is 2.94. The number of unbranched alkanes of at least 4 members (excludes halogenated alkanes) is 5. The monoisotopic (exact) mass is 680 g/mol. The zero-order chi connectivity index (χ0) is 34.9.